The number of nitrogen functional groups attached to an aromatic ring is 2. The molecule has 0 amide bonds. The monoisotopic (exact) mass is 996 g/mol. The number of nitrogens with two attached hydrogens (primary N) is 2. The summed E-state index contributed by atoms with van der Waals surface area (Å²) in [6.07, 6.45) is 2.65. The molecule has 0 aromatic carbocycles. The minimum Gasteiger partial charge on any atom is -0.668 e. The van der Waals surface area contributed by atoms with Gasteiger partial charge in [0.2, 0.25) is 11.0 Å². The van der Waals surface area contributed by atoms with Gasteiger partial charge in [-0.25, -0.2) is 24.7 Å². The fraction of sp³-hybridized carbons (Fsp3) is 0.457. The van der Waals surface area contributed by atoms with Gasteiger partial charge < -0.3 is 63.8 Å². The van der Waals surface area contributed by atoms with Crippen molar-refractivity contribution in [3.8, 4) is 0 Å². The number of aliphatic carboxylic acids is 5. The number of aromatic nitrogens is 6. The number of hydrogen-bond donors (Lipinski definition) is 10. The van der Waals surface area contributed by atoms with Crippen molar-refractivity contribution >= 4 is 64.2 Å². The first-order valence-electron chi connectivity index (χ1n) is 17.0. The molecule has 0 aliphatic carbocycles. The maximum Gasteiger partial charge on any atom is 0.336 e. The van der Waals surface area contributed by atoms with Crippen molar-refractivity contribution in [2.45, 2.75) is 79.5 Å². The van der Waals surface area contributed by atoms with E-state index in [9.17, 15) is 24.0 Å². The Hall–Kier alpha value is -4.79. The molecular weight excluding hydrogens is 942 g/mol. The molecule has 348 valence electrons. The van der Waals surface area contributed by atoms with E-state index in [4.69, 9.17) is 63.8 Å². The van der Waals surface area contributed by atoms with Crippen LogP contribution in [0.3, 0.4) is 0 Å². The number of aliphatic hydroxyl groups excluding tert-OH is 2. The molecule has 4 rings (SSSR count). The second kappa shape index (κ2) is 32.9. The summed E-state index contributed by atoms with van der Waals surface area (Å²) in [5.74, 6) is -4.74. The van der Waals surface area contributed by atoms with Crippen molar-refractivity contribution in [3.05, 3.63) is 78.8 Å². The van der Waals surface area contributed by atoms with Crippen LogP contribution in [-0.4, -0.2) is 123 Å². The van der Waals surface area contributed by atoms with E-state index >= 15 is 0 Å². The van der Waals surface area contributed by atoms with E-state index in [1.54, 1.807) is 35.1 Å². The molecule has 0 saturated carbocycles. The second-order valence-electron chi connectivity index (χ2n) is 11.9. The van der Waals surface area contributed by atoms with Gasteiger partial charge in [-0.05, 0) is 13.8 Å². The summed E-state index contributed by atoms with van der Waals surface area (Å²) in [6.45, 7) is 8.37. The van der Waals surface area contributed by atoms with Crippen LogP contribution in [-0.2, 0) is 84.0 Å². The minimum atomic E-state index is -2.74. The van der Waals surface area contributed by atoms with Crippen LogP contribution in [0.2, 0.25) is 0 Å². The molecule has 23 nitrogen and oxygen atoms in total. The molecule has 2 radical (unpaired) electrons. The number of carboxylic acid groups (broad SMARTS) is 5. The Kier molecular flexibility index (Phi) is 33.8. The SMILES string of the molecule is C.Cc1ncc(C[n+]2csc(CCO)c2C)c(N)n1.Cc1ncc(C[n+]2csc(CCO)c2C)c(N)n1.O=C(O)CC(O)(CC(=O)O)C(=O)O.[Mn].[Mn].[NH-]CC(=O)O.[NH-]CC(=O)O. The number of thiazole rings is 2. The zero-order chi connectivity index (χ0) is 45.5. The average molecular weight is 997 g/mol. The average Bonchev–Trinajstić information content (AvgIpc) is 3.67. The number of carboxylic acids is 5. The van der Waals surface area contributed by atoms with E-state index in [2.05, 4.69) is 29.1 Å². The minimum absolute atomic E-state index is 0. The molecule has 0 atom stereocenters. The van der Waals surface area contributed by atoms with Gasteiger partial charge in [0.15, 0.2) is 30.1 Å². The maximum absolute atomic E-state index is 10.3. The van der Waals surface area contributed by atoms with E-state index in [1.807, 2.05) is 38.7 Å². The third-order valence-electron chi connectivity index (χ3n) is 7.30. The summed E-state index contributed by atoms with van der Waals surface area (Å²) >= 11 is 3.30. The molecule has 0 unspecified atom stereocenters. The van der Waals surface area contributed by atoms with E-state index in [1.165, 1.54) is 9.75 Å². The number of rotatable bonds is 15. The topological polar surface area (TPSA) is 406 Å². The quantitative estimate of drug-likeness (QED) is 0.0583. The normalized spacial score (nSPS) is 9.76. The predicted octanol–water partition coefficient (Wildman–Crippen LogP) is 0.844. The summed E-state index contributed by atoms with van der Waals surface area (Å²) in [7, 11) is 0. The number of aliphatic hydroxyl groups is 3. The van der Waals surface area contributed by atoms with Gasteiger partial charge in [0.1, 0.15) is 23.3 Å². The van der Waals surface area contributed by atoms with Crippen LogP contribution >= 0.6 is 22.7 Å². The van der Waals surface area contributed by atoms with Gasteiger partial charge in [-0.2, -0.15) is 9.13 Å². The first kappa shape index (κ1) is 63.8. The molecule has 0 bridgehead atoms. The largest absolute Gasteiger partial charge is 0.668 e. The third kappa shape index (κ3) is 24.6. The summed E-state index contributed by atoms with van der Waals surface area (Å²) in [4.78, 5) is 67.9. The summed E-state index contributed by atoms with van der Waals surface area (Å²) in [5, 5.41) is 66.8. The van der Waals surface area contributed by atoms with Crippen LogP contribution in [0.15, 0.2) is 23.4 Å². The summed E-state index contributed by atoms with van der Waals surface area (Å²) < 4.78 is 4.22. The molecule has 14 N–H and O–H groups in total. The number of carbonyl (C=O) groups is 5. The molecule has 62 heavy (non-hydrogen) atoms. The van der Waals surface area contributed by atoms with Crippen LogP contribution in [0, 0.1) is 27.7 Å². The Labute approximate surface area is 386 Å². The zero-order valence-electron chi connectivity index (χ0n) is 33.4. The summed E-state index contributed by atoms with van der Waals surface area (Å²) in [5.41, 5.74) is 29.4. The van der Waals surface area contributed by atoms with Crippen LogP contribution in [0.5, 0.6) is 0 Å². The number of aryl methyl sites for hydroxylation is 2. The van der Waals surface area contributed by atoms with Crippen molar-refractivity contribution in [2.75, 3.05) is 37.8 Å². The first-order chi connectivity index (χ1) is 27.5. The van der Waals surface area contributed by atoms with Crippen LogP contribution < -0.4 is 20.6 Å². The van der Waals surface area contributed by atoms with E-state index in [-0.39, 0.29) is 54.8 Å². The van der Waals surface area contributed by atoms with Gasteiger partial charge >= 0.3 is 17.9 Å². The van der Waals surface area contributed by atoms with Crippen LogP contribution in [0.4, 0.5) is 11.6 Å². The molecule has 27 heteroatoms. The molecule has 0 aliphatic heterocycles. The molecule has 4 heterocycles. The Balaban J connectivity index is -0.000000362. The van der Waals surface area contributed by atoms with Crippen molar-refractivity contribution < 1.29 is 108 Å². The Morgan fingerprint density at radius 3 is 1.19 bits per heavy atom. The molecule has 4 aromatic heterocycles. The zero-order valence-corrected chi connectivity index (χ0v) is 37.4. The van der Waals surface area contributed by atoms with Crippen molar-refractivity contribution in [2.24, 2.45) is 0 Å². The fourth-order valence-corrected chi connectivity index (χ4v) is 6.22. The number of anilines is 2. The van der Waals surface area contributed by atoms with Crippen molar-refractivity contribution in [1.82, 2.24) is 19.9 Å². The number of hydrogen-bond acceptors (Lipinski definition) is 16. The molecule has 0 aliphatic rings. The second-order valence-corrected chi connectivity index (χ2v) is 13.8. The van der Waals surface area contributed by atoms with Gasteiger partial charge in [-0.15, -0.1) is 0 Å². The van der Waals surface area contributed by atoms with Crippen molar-refractivity contribution in [1.29, 1.82) is 0 Å². The Bertz CT molecular complexity index is 1880. The van der Waals surface area contributed by atoms with E-state index in [0.29, 0.717) is 49.2 Å². The standard InChI is InChI=1S/2C12H17N4OS.C6H8O7.2C2H4NO2.CH4.2Mn/c2*1-8-11(3-4-17)18-7-16(8)6-10-5-14-9(2)15-12(10)13;7-3(8)1-6(13,5(11)12)2-4(9)10;2*3-1-2(4)5;;;/h2*5,7,17H,3-4,6H2,1-2H3,(H2,13,14,15);13H,1-2H2,(H,7,8)(H,9,10)(H,11,12);2*3H,1H2,(H,4,5);1H4;;/q2*+1;;2*-1;;;. The number of nitrogens with zero attached hydrogens (tertiary/aromatic N) is 6. The number of nitrogens with one attached hydrogen (secondary N) is 2. The van der Waals surface area contributed by atoms with Crippen molar-refractivity contribution in [3.63, 3.8) is 0 Å². The maximum atomic E-state index is 10.3. The molecule has 0 saturated heterocycles. The first-order valence-corrected chi connectivity index (χ1v) is 18.7. The molecule has 4 aromatic rings. The van der Waals surface area contributed by atoms with Crippen LogP contribution in [0.1, 0.15) is 64.2 Å². The summed E-state index contributed by atoms with van der Waals surface area (Å²) in [6, 6.07) is 0. The molecule has 0 fully saturated rings. The van der Waals surface area contributed by atoms with E-state index in [0.717, 1.165) is 22.5 Å². The smallest absolute Gasteiger partial charge is 0.336 e. The van der Waals surface area contributed by atoms with Gasteiger partial charge in [-0.3, -0.25) is 19.2 Å². The Morgan fingerprint density at radius 2 is 0.968 bits per heavy atom. The van der Waals surface area contributed by atoms with Gasteiger partial charge in [0.25, 0.3) is 11.9 Å². The van der Waals surface area contributed by atoms with Gasteiger partial charge in [-0.1, -0.05) is 43.2 Å². The molecule has 0 spiro atoms. The molecular formula is C35H54Mn2N10O13S2. The Morgan fingerprint density at radius 1 is 0.661 bits per heavy atom. The van der Waals surface area contributed by atoms with Crippen LogP contribution in [0.25, 0.3) is 11.5 Å². The third-order valence-corrected chi connectivity index (χ3v) is 9.58. The van der Waals surface area contributed by atoms with Gasteiger partial charge in [0, 0.05) is 86.4 Å². The fourth-order valence-electron chi connectivity index (χ4n) is 4.25. The van der Waals surface area contributed by atoms with E-state index < -0.39 is 61.4 Å². The van der Waals surface area contributed by atoms with Gasteiger partial charge in [0.05, 0.1) is 33.7 Å². The predicted molar refractivity (Wildman–Crippen MR) is 218 cm³/mol.